The molecule has 132 valence electrons. The first-order valence-electron chi connectivity index (χ1n) is 8.67. The standard InChI is InChI=1S/C22H20O3S/c1-14(2)16-8-9-17-11-21-20(19(17)10-16)12-18(13-22(21)26(23,24)25)15-6-4-3-5-7-15/h3-10,12-14H,11H2,1-2H3,(H,23,24,25). The summed E-state index contributed by atoms with van der Waals surface area (Å²) >= 11 is 0. The first-order chi connectivity index (χ1) is 12.3. The quantitative estimate of drug-likeness (QED) is 0.502. The molecule has 0 spiro atoms. The van der Waals surface area contributed by atoms with Crippen LogP contribution in [0, 0.1) is 0 Å². The van der Waals surface area contributed by atoms with Crippen LogP contribution in [0.1, 0.15) is 36.5 Å². The highest BCUT2D eigenvalue weighted by atomic mass is 32.2. The first kappa shape index (κ1) is 17.0. The summed E-state index contributed by atoms with van der Waals surface area (Å²) in [5, 5.41) is 0. The van der Waals surface area contributed by atoms with E-state index in [-0.39, 0.29) is 4.90 Å². The zero-order valence-electron chi connectivity index (χ0n) is 14.7. The molecule has 0 radical (unpaired) electrons. The second-order valence-electron chi connectivity index (χ2n) is 7.09. The molecular weight excluding hydrogens is 344 g/mol. The average molecular weight is 364 g/mol. The van der Waals surface area contributed by atoms with Crippen LogP contribution >= 0.6 is 0 Å². The summed E-state index contributed by atoms with van der Waals surface area (Å²) in [4.78, 5) is 0.0103. The van der Waals surface area contributed by atoms with Crippen LogP contribution in [-0.4, -0.2) is 13.0 Å². The van der Waals surface area contributed by atoms with Crippen LogP contribution in [0.25, 0.3) is 22.3 Å². The minimum absolute atomic E-state index is 0.0103. The topological polar surface area (TPSA) is 54.4 Å². The third-order valence-electron chi connectivity index (χ3n) is 5.05. The maximum atomic E-state index is 12.1. The Balaban J connectivity index is 2.00. The minimum atomic E-state index is -4.30. The predicted octanol–water partition coefficient (Wildman–Crippen LogP) is 5.29. The fourth-order valence-corrected chi connectivity index (χ4v) is 4.41. The smallest absolute Gasteiger partial charge is 0.282 e. The Hall–Kier alpha value is -2.43. The maximum absolute atomic E-state index is 12.1. The van der Waals surface area contributed by atoms with Gasteiger partial charge in [-0.1, -0.05) is 62.4 Å². The van der Waals surface area contributed by atoms with E-state index in [0.29, 0.717) is 17.9 Å². The molecule has 1 aliphatic rings. The first-order valence-corrected chi connectivity index (χ1v) is 10.1. The normalized spacial score (nSPS) is 12.9. The van der Waals surface area contributed by atoms with Crippen molar-refractivity contribution in [2.75, 3.05) is 0 Å². The number of hydrogen-bond donors (Lipinski definition) is 1. The van der Waals surface area contributed by atoms with Gasteiger partial charge in [0.2, 0.25) is 0 Å². The van der Waals surface area contributed by atoms with Gasteiger partial charge in [0.15, 0.2) is 0 Å². The minimum Gasteiger partial charge on any atom is -0.282 e. The molecule has 4 rings (SSSR count). The van der Waals surface area contributed by atoms with E-state index in [1.54, 1.807) is 6.07 Å². The van der Waals surface area contributed by atoms with E-state index in [1.807, 2.05) is 36.4 Å². The van der Waals surface area contributed by atoms with Crippen molar-refractivity contribution in [2.45, 2.75) is 31.1 Å². The molecule has 26 heavy (non-hydrogen) atoms. The summed E-state index contributed by atoms with van der Waals surface area (Å²) in [6.07, 6.45) is 0.521. The van der Waals surface area contributed by atoms with E-state index in [1.165, 1.54) is 5.56 Å². The van der Waals surface area contributed by atoms with Crippen molar-refractivity contribution in [1.82, 2.24) is 0 Å². The fraction of sp³-hybridized carbons (Fsp3) is 0.182. The monoisotopic (exact) mass is 364 g/mol. The summed E-state index contributed by atoms with van der Waals surface area (Å²) in [7, 11) is -4.30. The fourth-order valence-electron chi connectivity index (χ4n) is 3.64. The highest BCUT2D eigenvalue weighted by Gasteiger charge is 2.27. The lowest BCUT2D eigenvalue weighted by Gasteiger charge is -2.12. The Morgan fingerprint density at radius 3 is 2.27 bits per heavy atom. The molecule has 0 aromatic heterocycles. The molecule has 0 atom stereocenters. The van der Waals surface area contributed by atoms with Crippen molar-refractivity contribution < 1.29 is 13.0 Å². The van der Waals surface area contributed by atoms with Crippen molar-refractivity contribution >= 4 is 10.1 Å². The van der Waals surface area contributed by atoms with Gasteiger partial charge in [0.05, 0.1) is 4.90 Å². The van der Waals surface area contributed by atoms with Gasteiger partial charge in [-0.05, 0) is 57.0 Å². The van der Waals surface area contributed by atoms with Gasteiger partial charge in [0, 0.05) is 6.42 Å². The van der Waals surface area contributed by atoms with E-state index >= 15 is 0 Å². The molecule has 1 aliphatic carbocycles. The zero-order valence-corrected chi connectivity index (χ0v) is 15.5. The largest absolute Gasteiger partial charge is 0.294 e. The van der Waals surface area contributed by atoms with Crippen LogP contribution in [0.3, 0.4) is 0 Å². The van der Waals surface area contributed by atoms with E-state index in [2.05, 4.69) is 32.0 Å². The van der Waals surface area contributed by atoms with Crippen LogP contribution in [0.15, 0.2) is 65.6 Å². The third kappa shape index (κ3) is 2.85. The van der Waals surface area contributed by atoms with Gasteiger partial charge in [0.25, 0.3) is 10.1 Å². The van der Waals surface area contributed by atoms with Crippen molar-refractivity contribution in [2.24, 2.45) is 0 Å². The van der Waals surface area contributed by atoms with Crippen molar-refractivity contribution in [1.29, 1.82) is 0 Å². The van der Waals surface area contributed by atoms with Crippen LogP contribution in [0.2, 0.25) is 0 Å². The Morgan fingerprint density at radius 2 is 1.62 bits per heavy atom. The lowest BCUT2D eigenvalue weighted by molar-refractivity contribution is 0.482. The summed E-state index contributed by atoms with van der Waals surface area (Å²) in [6.45, 7) is 4.28. The Morgan fingerprint density at radius 1 is 0.885 bits per heavy atom. The predicted molar refractivity (Wildman–Crippen MR) is 104 cm³/mol. The lowest BCUT2D eigenvalue weighted by atomic mass is 9.95. The molecule has 0 heterocycles. The molecule has 3 aromatic carbocycles. The molecule has 0 saturated carbocycles. The van der Waals surface area contributed by atoms with Crippen molar-refractivity contribution in [3.05, 3.63) is 77.4 Å². The Kier molecular flexibility index (Phi) is 3.98. The number of hydrogen-bond acceptors (Lipinski definition) is 2. The second-order valence-corrected chi connectivity index (χ2v) is 8.48. The molecule has 0 unspecified atom stereocenters. The Bertz CT molecular complexity index is 1100. The van der Waals surface area contributed by atoms with Gasteiger partial charge in [-0.3, -0.25) is 4.55 Å². The number of rotatable bonds is 3. The molecule has 3 nitrogen and oxygen atoms in total. The summed E-state index contributed by atoms with van der Waals surface area (Å²) in [5.74, 6) is 0.391. The molecule has 0 bridgehead atoms. The molecule has 3 aromatic rings. The number of fused-ring (bicyclic) bond motifs is 3. The van der Waals surface area contributed by atoms with E-state index in [9.17, 15) is 13.0 Å². The van der Waals surface area contributed by atoms with E-state index in [0.717, 1.165) is 27.8 Å². The average Bonchev–Trinajstić information content (AvgIpc) is 2.98. The zero-order chi connectivity index (χ0) is 18.5. The highest BCUT2D eigenvalue weighted by Crippen LogP contribution is 2.43. The molecule has 0 saturated heterocycles. The number of benzene rings is 3. The van der Waals surface area contributed by atoms with Crippen molar-refractivity contribution in [3.63, 3.8) is 0 Å². The lowest BCUT2D eigenvalue weighted by Crippen LogP contribution is -2.03. The molecule has 0 aliphatic heterocycles. The van der Waals surface area contributed by atoms with Gasteiger partial charge in [0.1, 0.15) is 0 Å². The second kappa shape index (κ2) is 6.08. The van der Waals surface area contributed by atoms with Crippen LogP contribution in [-0.2, 0) is 16.5 Å². The Labute approximate surface area is 154 Å². The maximum Gasteiger partial charge on any atom is 0.294 e. The summed E-state index contributed by atoms with van der Waals surface area (Å²) in [6, 6.07) is 19.6. The van der Waals surface area contributed by atoms with Gasteiger partial charge < -0.3 is 0 Å². The van der Waals surface area contributed by atoms with Crippen LogP contribution in [0.5, 0.6) is 0 Å². The third-order valence-corrected chi connectivity index (χ3v) is 5.97. The van der Waals surface area contributed by atoms with Gasteiger partial charge >= 0.3 is 0 Å². The molecule has 0 fully saturated rings. The van der Waals surface area contributed by atoms with Crippen LogP contribution in [0.4, 0.5) is 0 Å². The molecule has 1 N–H and O–H groups in total. The van der Waals surface area contributed by atoms with Crippen molar-refractivity contribution in [3.8, 4) is 22.3 Å². The van der Waals surface area contributed by atoms with E-state index in [4.69, 9.17) is 0 Å². The molecule has 4 heteroatoms. The summed E-state index contributed by atoms with van der Waals surface area (Å²) < 4.78 is 33.9. The van der Waals surface area contributed by atoms with E-state index < -0.39 is 10.1 Å². The molecular formula is C22H20O3S. The van der Waals surface area contributed by atoms with Gasteiger partial charge in [-0.2, -0.15) is 8.42 Å². The van der Waals surface area contributed by atoms with Gasteiger partial charge in [-0.25, -0.2) is 0 Å². The van der Waals surface area contributed by atoms with Gasteiger partial charge in [-0.15, -0.1) is 0 Å². The van der Waals surface area contributed by atoms with Crippen LogP contribution < -0.4 is 0 Å². The summed E-state index contributed by atoms with van der Waals surface area (Å²) in [5.41, 5.74) is 6.68. The molecule has 0 amide bonds. The SMILES string of the molecule is CC(C)c1ccc2c(c1)-c1cc(-c3ccccc3)cc(S(=O)(=O)O)c1C2. The highest BCUT2D eigenvalue weighted by molar-refractivity contribution is 7.85.